The lowest BCUT2D eigenvalue weighted by atomic mass is 10.1. The maximum Gasteiger partial charge on any atom is 0.113 e. The van der Waals surface area contributed by atoms with Gasteiger partial charge < -0.3 is 0 Å². The third-order valence-electron chi connectivity index (χ3n) is 3.82. The standard InChI is InChI=1S/C20H14ClN3/c21-17-12-10-16(11-13-17)20(14-15-6-2-1-3-7-15)24-19-9-5-4-8-18(19)22-23-24/h1-14H. The normalized spacial score (nSPS) is 11.8. The quantitative estimate of drug-likeness (QED) is 0.487. The van der Waals surface area contributed by atoms with Gasteiger partial charge in [0, 0.05) is 10.6 Å². The minimum absolute atomic E-state index is 0.709. The van der Waals surface area contributed by atoms with Gasteiger partial charge in [-0.3, -0.25) is 0 Å². The van der Waals surface area contributed by atoms with Gasteiger partial charge in [0.25, 0.3) is 0 Å². The molecule has 0 unspecified atom stereocenters. The molecule has 0 radical (unpaired) electrons. The fourth-order valence-electron chi connectivity index (χ4n) is 2.64. The highest BCUT2D eigenvalue weighted by Gasteiger charge is 2.11. The van der Waals surface area contributed by atoms with Crippen molar-refractivity contribution < 1.29 is 0 Å². The molecule has 0 aliphatic rings. The summed E-state index contributed by atoms with van der Waals surface area (Å²) in [5.41, 5.74) is 4.91. The topological polar surface area (TPSA) is 30.7 Å². The third-order valence-corrected chi connectivity index (χ3v) is 4.07. The highest BCUT2D eigenvalue weighted by molar-refractivity contribution is 6.30. The zero-order chi connectivity index (χ0) is 16.4. The Bertz CT molecular complexity index is 1000. The minimum Gasteiger partial charge on any atom is -0.212 e. The molecule has 4 rings (SSSR count). The van der Waals surface area contributed by atoms with Crippen LogP contribution in [-0.4, -0.2) is 15.0 Å². The second-order valence-electron chi connectivity index (χ2n) is 5.44. The zero-order valence-corrected chi connectivity index (χ0v) is 13.6. The molecule has 4 aromatic rings. The van der Waals surface area contributed by atoms with Gasteiger partial charge in [-0.15, -0.1) is 5.10 Å². The molecular weight excluding hydrogens is 318 g/mol. The number of benzene rings is 3. The van der Waals surface area contributed by atoms with E-state index in [1.54, 1.807) is 0 Å². The molecule has 0 aliphatic carbocycles. The summed E-state index contributed by atoms with van der Waals surface area (Å²) < 4.78 is 1.87. The van der Waals surface area contributed by atoms with Gasteiger partial charge in [0.1, 0.15) is 5.52 Å². The molecule has 0 amide bonds. The summed E-state index contributed by atoms with van der Waals surface area (Å²) in [5.74, 6) is 0. The van der Waals surface area contributed by atoms with Gasteiger partial charge >= 0.3 is 0 Å². The molecule has 0 aliphatic heterocycles. The van der Waals surface area contributed by atoms with Crippen molar-refractivity contribution in [1.29, 1.82) is 0 Å². The van der Waals surface area contributed by atoms with Crippen LogP contribution in [0, 0.1) is 0 Å². The Labute approximate surface area is 144 Å². The van der Waals surface area contributed by atoms with Crippen LogP contribution in [0.1, 0.15) is 11.1 Å². The highest BCUT2D eigenvalue weighted by atomic mass is 35.5. The van der Waals surface area contributed by atoms with E-state index in [1.165, 1.54) is 0 Å². The lowest BCUT2D eigenvalue weighted by Gasteiger charge is -2.09. The molecular formula is C20H14ClN3. The van der Waals surface area contributed by atoms with Crippen molar-refractivity contribution in [1.82, 2.24) is 15.0 Å². The van der Waals surface area contributed by atoms with Crippen LogP contribution in [0.3, 0.4) is 0 Å². The summed E-state index contributed by atoms with van der Waals surface area (Å²) in [5, 5.41) is 9.34. The van der Waals surface area contributed by atoms with Gasteiger partial charge in [-0.2, -0.15) is 0 Å². The number of hydrogen-bond donors (Lipinski definition) is 0. The Hall–Kier alpha value is -2.91. The molecule has 3 aromatic carbocycles. The molecule has 0 bridgehead atoms. The fraction of sp³-hybridized carbons (Fsp3) is 0. The van der Waals surface area contributed by atoms with Gasteiger partial charge in [0.15, 0.2) is 0 Å². The van der Waals surface area contributed by atoms with Crippen molar-refractivity contribution in [2.24, 2.45) is 0 Å². The van der Waals surface area contributed by atoms with Crippen LogP contribution >= 0.6 is 11.6 Å². The van der Waals surface area contributed by atoms with Gasteiger partial charge in [0.2, 0.25) is 0 Å². The first-order valence-electron chi connectivity index (χ1n) is 7.65. The number of aromatic nitrogens is 3. The van der Waals surface area contributed by atoms with E-state index < -0.39 is 0 Å². The SMILES string of the molecule is Clc1ccc(C(=Cc2ccccc2)n2nnc3ccccc32)cc1. The summed E-state index contributed by atoms with van der Waals surface area (Å²) in [6.07, 6.45) is 2.10. The first-order chi connectivity index (χ1) is 11.8. The molecule has 0 atom stereocenters. The maximum absolute atomic E-state index is 6.04. The van der Waals surface area contributed by atoms with Gasteiger partial charge in [-0.1, -0.05) is 71.4 Å². The number of para-hydroxylation sites is 1. The van der Waals surface area contributed by atoms with Gasteiger partial charge in [0.05, 0.1) is 11.2 Å². The Morgan fingerprint density at radius 3 is 2.33 bits per heavy atom. The summed E-state index contributed by atoms with van der Waals surface area (Å²) in [4.78, 5) is 0. The van der Waals surface area contributed by atoms with Crippen molar-refractivity contribution in [3.05, 3.63) is 95.0 Å². The molecule has 0 N–H and O–H groups in total. The Morgan fingerprint density at radius 1 is 0.833 bits per heavy atom. The molecule has 0 spiro atoms. The number of hydrogen-bond acceptors (Lipinski definition) is 2. The van der Waals surface area contributed by atoms with Crippen molar-refractivity contribution in [3.63, 3.8) is 0 Å². The van der Waals surface area contributed by atoms with Crippen LogP contribution in [0.5, 0.6) is 0 Å². The molecule has 4 heteroatoms. The fourth-order valence-corrected chi connectivity index (χ4v) is 2.77. The van der Waals surface area contributed by atoms with E-state index in [0.29, 0.717) is 5.02 Å². The summed E-state index contributed by atoms with van der Waals surface area (Å²) in [6, 6.07) is 25.9. The average molecular weight is 332 g/mol. The van der Waals surface area contributed by atoms with E-state index in [-0.39, 0.29) is 0 Å². The van der Waals surface area contributed by atoms with Gasteiger partial charge in [-0.05, 0) is 35.9 Å². The largest absolute Gasteiger partial charge is 0.212 e. The van der Waals surface area contributed by atoms with E-state index in [9.17, 15) is 0 Å². The van der Waals surface area contributed by atoms with Crippen molar-refractivity contribution in [2.45, 2.75) is 0 Å². The number of fused-ring (bicyclic) bond motifs is 1. The van der Waals surface area contributed by atoms with E-state index in [2.05, 4.69) is 28.5 Å². The van der Waals surface area contributed by atoms with Crippen molar-refractivity contribution in [2.75, 3.05) is 0 Å². The Morgan fingerprint density at radius 2 is 1.54 bits per heavy atom. The molecule has 116 valence electrons. The summed E-state index contributed by atoms with van der Waals surface area (Å²) in [6.45, 7) is 0. The monoisotopic (exact) mass is 331 g/mol. The second kappa shape index (κ2) is 6.30. The molecule has 24 heavy (non-hydrogen) atoms. The van der Waals surface area contributed by atoms with Crippen LogP contribution in [0.4, 0.5) is 0 Å². The molecule has 1 aromatic heterocycles. The Kier molecular flexibility index (Phi) is 3.85. The van der Waals surface area contributed by atoms with Gasteiger partial charge in [-0.25, -0.2) is 4.68 Å². The zero-order valence-electron chi connectivity index (χ0n) is 12.8. The van der Waals surface area contributed by atoms with Crippen molar-refractivity contribution >= 4 is 34.4 Å². The number of halogens is 1. The average Bonchev–Trinajstić information content (AvgIpc) is 3.05. The highest BCUT2D eigenvalue weighted by Crippen LogP contribution is 2.25. The first-order valence-corrected chi connectivity index (χ1v) is 8.02. The van der Waals surface area contributed by atoms with Crippen LogP contribution in [-0.2, 0) is 0 Å². The number of nitrogens with zero attached hydrogens (tertiary/aromatic N) is 3. The van der Waals surface area contributed by atoms with E-state index in [4.69, 9.17) is 11.6 Å². The molecule has 0 saturated heterocycles. The molecule has 3 nitrogen and oxygen atoms in total. The summed E-state index contributed by atoms with van der Waals surface area (Å²) in [7, 11) is 0. The molecule has 0 saturated carbocycles. The van der Waals surface area contributed by atoms with E-state index in [0.717, 1.165) is 27.9 Å². The molecule has 0 fully saturated rings. The van der Waals surface area contributed by atoms with E-state index >= 15 is 0 Å². The maximum atomic E-state index is 6.04. The predicted molar refractivity (Wildman–Crippen MR) is 98.7 cm³/mol. The smallest absolute Gasteiger partial charge is 0.113 e. The minimum atomic E-state index is 0.709. The lowest BCUT2D eigenvalue weighted by molar-refractivity contribution is 0.843. The first kappa shape index (κ1) is 14.7. The predicted octanol–water partition coefficient (Wildman–Crippen LogP) is 5.13. The third kappa shape index (κ3) is 2.82. The van der Waals surface area contributed by atoms with Crippen LogP contribution in [0.25, 0.3) is 22.8 Å². The van der Waals surface area contributed by atoms with Crippen LogP contribution < -0.4 is 0 Å². The second-order valence-corrected chi connectivity index (χ2v) is 5.87. The Balaban J connectivity index is 1.93. The summed E-state index contributed by atoms with van der Waals surface area (Å²) >= 11 is 6.04. The van der Waals surface area contributed by atoms with E-state index in [1.807, 2.05) is 71.4 Å². The van der Waals surface area contributed by atoms with Crippen LogP contribution in [0.2, 0.25) is 5.02 Å². The lowest BCUT2D eigenvalue weighted by Crippen LogP contribution is -2.01. The molecule has 1 heterocycles. The van der Waals surface area contributed by atoms with Crippen molar-refractivity contribution in [3.8, 4) is 0 Å². The number of rotatable bonds is 3. The van der Waals surface area contributed by atoms with Crippen LogP contribution in [0.15, 0.2) is 78.9 Å².